The van der Waals surface area contributed by atoms with Gasteiger partial charge in [0.15, 0.2) is 0 Å². The number of carbonyl (C=O) groups is 2. The number of hydrogen-bond donors (Lipinski definition) is 2. The molecule has 0 saturated heterocycles. The molecule has 104 valence electrons. The molecule has 1 aliphatic carbocycles. The molecule has 0 aromatic carbocycles. The fraction of sp³-hybridized carbons (Fsp3) is 0.600. The highest BCUT2D eigenvalue weighted by Gasteiger charge is 2.51. The van der Waals surface area contributed by atoms with Crippen LogP contribution >= 0.6 is 0 Å². The monoisotopic (exact) mass is 264 g/mol. The zero-order valence-electron chi connectivity index (χ0n) is 11.8. The highest BCUT2D eigenvalue weighted by molar-refractivity contribution is 5.82. The van der Waals surface area contributed by atoms with Gasteiger partial charge in [0.1, 0.15) is 11.4 Å². The Bertz CT molecular complexity index is 490. The normalized spacial score (nSPS) is 30.5. The Balaban J connectivity index is 3.12. The van der Waals surface area contributed by atoms with Gasteiger partial charge in [-0.15, -0.1) is 0 Å². The molecule has 0 amide bonds. The SMILES string of the molecule is C/C(C#C[C@@]1(O)[C@@H](C)CC(=O)CC1(C)C)=C/C(=O)O. The maximum Gasteiger partial charge on any atom is 0.329 e. The van der Waals surface area contributed by atoms with Gasteiger partial charge >= 0.3 is 5.97 Å². The van der Waals surface area contributed by atoms with Crippen LogP contribution in [0.5, 0.6) is 0 Å². The molecule has 1 rings (SSSR count). The Morgan fingerprint density at radius 1 is 1.47 bits per heavy atom. The molecule has 4 heteroatoms. The van der Waals surface area contributed by atoms with E-state index < -0.39 is 17.0 Å². The third kappa shape index (κ3) is 3.24. The van der Waals surface area contributed by atoms with Crippen LogP contribution in [0, 0.1) is 23.2 Å². The summed E-state index contributed by atoms with van der Waals surface area (Å²) in [4.78, 5) is 22.1. The van der Waals surface area contributed by atoms with E-state index in [1.54, 1.807) is 13.8 Å². The molecule has 2 N–H and O–H groups in total. The van der Waals surface area contributed by atoms with Crippen molar-refractivity contribution in [1.82, 2.24) is 0 Å². The predicted octanol–water partition coefficient (Wildman–Crippen LogP) is 1.78. The van der Waals surface area contributed by atoms with E-state index in [0.717, 1.165) is 6.08 Å². The second-order valence-corrected chi connectivity index (χ2v) is 5.89. The lowest BCUT2D eigenvalue weighted by molar-refractivity contribution is -0.140. The van der Waals surface area contributed by atoms with Gasteiger partial charge in [0, 0.05) is 35.8 Å². The van der Waals surface area contributed by atoms with Crippen molar-refractivity contribution >= 4 is 11.8 Å². The van der Waals surface area contributed by atoms with E-state index in [0.29, 0.717) is 12.0 Å². The molecule has 2 atom stereocenters. The smallest absolute Gasteiger partial charge is 0.329 e. The molecule has 0 aromatic heterocycles. The van der Waals surface area contributed by atoms with Gasteiger partial charge < -0.3 is 10.2 Å². The number of aliphatic carboxylic acids is 1. The van der Waals surface area contributed by atoms with Crippen LogP contribution < -0.4 is 0 Å². The molecule has 1 fully saturated rings. The highest BCUT2D eigenvalue weighted by atomic mass is 16.4. The maximum atomic E-state index is 11.6. The topological polar surface area (TPSA) is 74.6 Å². The summed E-state index contributed by atoms with van der Waals surface area (Å²) in [5.41, 5.74) is -1.55. The largest absolute Gasteiger partial charge is 0.478 e. The fourth-order valence-corrected chi connectivity index (χ4v) is 2.56. The standard InChI is InChI=1S/C15H20O4/c1-10(7-13(17)18)5-6-15(19)11(2)8-12(16)9-14(15,3)4/h7,11,19H,8-9H2,1-4H3,(H,17,18)/b10-7-/t11-,15+/m0/s1. The van der Waals surface area contributed by atoms with Crippen molar-refractivity contribution in [3.8, 4) is 11.8 Å². The minimum Gasteiger partial charge on any atom is -0.478 e. The molecule has 1 aliphatic rings. The minimum absolute atomic E-state index is 0.127. The number of Topliss-reactive ketones (excluding diaryl/α,β-unsaturated/α-hetero) is 1. The van der Waals surface area contributed by atoms with E-state index in [2.05, 4.69) is 11.8 Å². The second-order valence-electron chi connectivity index (χ2n) is 5.89. The lowest BCUT2D eigenvalue weighted by Gasteiger charge is -2.46. The van der Waals surface area contributed by atoms with Crippen molar-refractivity contribution < 1.29 is 19.8 Å². The summed E-state index contributed by atoms with van der Waals surface area (Å²) in [5, 5.41) is 19.4. The van der Waals surface area contributed by atoms with Gasteiger partial charge in [0.2, 0.25) is 0 Å². The molecule has 0 heterocycles. The number of carboxylic acid groups (broad SMARTS) is 1. The van der Waals surface area contributed by atoms with Gasteiger partial charge in [-0.3, -0.25) is 4.79 Å². The van der Waals surface area contributed by atoms with E-state index in [9.17, 15) is 14.7 Å². The van der Waals surface area contributed by atoms with Crippen LogP contribution in [0.25, 0.3) is 0 Å². The maximum absolute atomic E-state index is 11.6. The summed E-state index contributed by atoms with van der Waals surface area (Å²) in [6.45, 7) is 7.00. The molecule has 4 nitrogen and oxygen atoms in total. The minimum atomic E-state index is -1.28. The van der Waals surface area contributed by atoms with Crippen LogP contribution in [-0.2, 0) is 9.59 Å². The number of carboxylic acids is 1. The quantitative estimate of drug-likeness (QED) is 0.559. The Morgan fingerprint density at radius 2 is 2.05 bits per heavy atom. The van der Waals surface area contributed by atoms with Gasteiger partial charge in [0.05, 0.1) is 0 Å². The number of ketones is 1. The molecule has 1 saturated carbocycles. The third-order valence-electron chi connectivity index (χ3n) is 3.71. The zero-order valence-corrected chi connectivity index (χ0v) is 11.8. The van der Waals surface area contributed by atoms with Crippen LogP contribution in [0.3, 0.4) is 0 Å². The first-order chi connectivity index (χ1) is 8.58. The first-order valence-electron chi connectivity index (χ1n) is 6.27. The lowest BCUT2D eigenvalue weighted by Crippen LogP contribution is -2.53. The molecule has 0 unspecified atom stereocenters. The Hall–Kier alpha value is -1.60. The number of aliphatic hydroxyl groups is 1. The number of hydrogen-bond acceptors (Lipinski definition) is 3. The van der Waals surface area contributed by atoms with Crippen molar-refractivity contribution in [3.63, 3.8) is 0 Å². The van der Waals surface area contributed by atoms with E-state index in [1.165, 1.54) is 0 Å². The lowest BCUT2D eigenvalue weighted by atomic mass is 9.60. The number of rotatable bonds is 1. The summed E-state index contributed by atoms with van der Waals surface area (Å²) in [6, 6.07) is 0. The van der Waals surface area contributed by atoms with Crippen molar-refractivity contribution in [2.24, 2.45) is 11.3 Å². The Kier molecular flexibility index (Phi) is 4.21. The molecule has 0 radical (unpaired) electrons. The second kappa shape index (κ2) is 5.18. The summed E-state index contributed by atoms with van der Waals surface area (Å²) in [7, 11) is 0. The van der Waals surface area contributed by atoms with Gasteiger partial charge in [-0.25, -0.2) is 4.79 Å². The van der Waals surface area contributed by atoms with Gasteiger partial charge in [-0.2, -0.15) is 0 Å². The molecule has 0 aromatic rings. The summed E-state index contributed by atoms with van der Waals surface area (Å²) in [6.07, 6.45) is 1.59. The summed E-state index contributed by atoms with van der Waals surface area (Å²) < 4.78 is 0. The van der Waals surface area contributed by atoms with E-state index in [-0.39, 0.29) is 18.1 Å². The predicted molar refractivity (Wildman–Crippen MR) is 71.3 cm³/mol. The molecule has 19 heavy (non-hydrogen) atoms. The average molecular weight is 264 g/mol. The highest BCUT2D eigenvalue weighted by Crippen LogP contribution is 2.45. The first-order valence-corrected chi connectivity index (χ1v) is 6.27. The van der Waals surface area contributed by atoms with E-state index in [4.69, 9.17) is 5.11 Å². The van der Waals surface area contributed by atoms with Crippen LogP contribution in [-0.4, -0.2) is 27.6 Å². The number of allylic oxidation sites excluding steroid dienone is 1. The summed E-state index contributed by atoms with van der Waals surface area (Å²) in [5.74, 6) is 4.27. The Labute approximate surface area is 113 Å². The van der Waals surface area contributed by atoms with Crippen molar-refractivity contribution in [1.29, 1.82) is 0 Å². The van der Waals surface area contributed by atoms with Crippen molar-refractivity contribution in [3.05, 3.63) is 11.6 Å². The van der Waals surface area contributed by atoms with Gasteiger partial charge in [-0.05, 0) is 6.92 Å². The fourth-order valence-electron chi connectivity index (χ4n) is 2.56. The number of carbonyl (C=O) groups excluding carboxylic acids is 1. The summed E-state index contributed by atoms with van der Waals surface area (Å²) >= 11 is 0. The van der Waals surface area contributed by atoms with Crippen molar-refractivity contribution in [2.45, 2.75) is 46.1 Å². The van der Waals surface area contributed by atoms with Crippen LogP contribution in [0.4, 0.5) is 0 Å². The van der Waals surface area contributed by atoms with Crippen LogP contribution in [0.1, 0.15) is 40.5 Å². The van der Waals surface area contributed by atoms with Crippen molar-refractivity contribution in [2.75, 3.05) is 0 Å². The van der Waals surface area contributed by atoms with Gasteiger partial charge in [-0.1, -0.05) is 32.6 Å². The Morgan fingerprint density at radius 3 is 2.53 bits per heavy atom. The van der Waals surface area contributed by atoms with Gasteiger partial charge in [0.25, 0.3) is 0 Å². The first kappa shape index (κ1) is 15.5. The van der Waals surface area contributed by atoms with Crippen LogP contribution in [0.15, 0.2) is 11.6 Å². The third-order valence-corrected chi connectivity index (χ3v) is 3.71. The van der Waals surface area contributed by atoms with Crippen LogP contribution in [0.2, 0.25) is 0 Å². The average Bonchev–Trinajstić information content (AvgIpc) is 2.21. The molecular formula is C15H20O4. The van der Waals surface area contributed by atoms with E-state index >= 15 is 0 Å². The molecular weight excluding hydrogens is 244 g/mol. The molecule has 0 bridgehead atoms. The molecule has 0 aliphatic heterocycles. The zero-order chi connectivity index (χ0) is 14.8. The molecule has 0 spiro atoms. The van der Waals surface area contributed by atoms with E-state index in [1.807, 2.05) is 13.8 Å².